The van der Waals surface area contributed by atoms with Gasteiger partial charge in [-0.3, -0.25) is 0 Å². The molecule has 0 aromatic heterocycles. The summed E-state index contributed by atoms with van der Waals surface area (Å²) in [5, 5.41) is 0. The Labute approximate surface area is 237 Å². The third-order valence-corrected chi connectivity index (χ3v) is 6.72. The molecule has 0 aliphatic heterocycles. The Bertz CT molecular complexity index is 1570. The van der Waals surface area contributed by atoms with Gasteiger partial charge in [-0.2, -0.15) is 0 Å². The molecule has 0 bridgehead atoms. The van der Waals surface area contributed by atoms with Crippen molar-refractivity contribution in [1.82, 2.24) is 0 Å². The van der Waals surface area contributed by atoms with Crippen molar-refractivity contribution in [3.63, 3.8) is 0 Å². The van der Waals surface area contributed by atoms with Gasteiger partial charge < -0.3 is 21.3 Å². The number of rotatable bonds is 9. The Kier molecular flexibility index (Phi) is 8.28. The Hall–Kier alpha value is -5.22. The van der Waals surface area contributed by atoms with Gasteiger partial charge >= 0.3 is 0 Å². The number of nitrogens with two attached hydrogens (primary N) is 2. The Morgan fingerprint density at radius 2 is 1.05 bits per heavy atom. The van der Waals surface area contributed by atoms with Crippen LogP contribution in [0, 0.1) is 0 Å². The molecule has 0 amide bonds. The summed E-state index contributed by atoms with van der Waals surface area (Å²) in [6, 6.07) is 45.3. The van der Waals surface area contributed by atoms with E-state index in [1.165, 1.54) is 5.70 Å². The Balaban J connectivity index is 1.54. The lowest BCUT2D eigenvalue weighted by Crippen LogP contribution is -2.15. The van der Waals surface area contributed by atoms with Gasteiger partial charge in [-0.15, -0.1) is 0 Å². The first kappa shape index (κ1) is 26.4. The van der Waals surface area contributed by atoms with E-state index in [2.05, 4.69) is 132 Å². The normalized spacial score (nSPS) is 11.5. The summed E-state index contributed by atoms with van der Waals surface area (Å²) >= 11 is 0. The van der Waals surface area contributed by atoms with Gasteiger partial charge in [0.25, 0.3) is 0 Å². The highest BCUT2D eigenvalue weighted by atomic mass is 15.2. The van der Waals surface area contributed by atoms with Crippen LogP contribution < -0.4 is 21.3 Å². The third kappa shape index (κ3) is 6.08. The molecule has 0 saturated heterocycles. The molecule has 0 saturated carbocycles. The molecule has 198 valence electrons. The van der Waals surface area contributed by atoms with Crippen molar-refractivity contribution >= 4 is 45.9 Å². The number of nitrogens with zero attached hydrogens (tertiary/aromatic N) is 2. The summed E-state index contributed by atoms with van der Waals surface area (Å²) in [6.07, 6.45) is 7.35. The molecule has 0 unspecified atom stereocenters. The molecule has 4 heteroatoms. The van der Waals surface area contributed by atoms with Crippen LogP contribution in [0.1, 0.15) is 18.9 Å². The molecule has 5 aromatic rings. The van der Waals surface area contributed by atoms with Gasteiger partial charge in [0.2, 0.25) is 0 Å². The van der Waals surface area contributed by atoms with E-state index in [0.717, 1.165) is 51.8 Å². The van der Waals surface area contributed by atoms with Gasteiger partial charge in [-0.25, -0.2) is 0 Å². The smallest absolute Gasteiger partial charge is 0.0533 e. The molecule has 4 nitrogen and oxygen atoms in total. The van der Waals surface area contributed by atoms with E-state index < -0.39 is 0 Å². The van der Waals surface area contributed by atoms with Crippen LogP contribution in [0.3, 0.4) is 0 Å². The fourth-order valence-electron chi connectivity index (χ4n) is 4.75. The van der Waals surface area contributed by atoms with Gasteiger partial charge in [-0.05, 0) is 96.9 Å². The summed E-state index contributed by atoms with van der Waals surface area (Å²) in [6.45, 7) is 2.18. The van der Waals surface area contributed by atoms with E-state index in [4.69, 9.17) is 11.5 Å². The van der Waals surface area contributed by atoms with Crippen LogP contribution in [0.2, 0.25) is 0 Å². The number of nitrogen functional groups attached to an aromatic ring is 2. The van der Waals surface area contributed by atoms with Crippen LogP contribution in [-0.4, -0.2) is 0 Å². The van der Waals surface area contributed by atoms with E-state index in [-0.39, 0.29) is 0 Å². The molecule has 4 N–H and O–H groups in total. The van der Waals surface area contributed by atoms with E-state index in [1.54, 1.807) is 0 Å². The Morgan fingerprint density at radius 3 is 1.65 bits per heavy atom. The quantitative estimate of drug-likeness (QED) is 0.149. The van der Waals surface area contributed by atoms with Crippen LogP contribution in [0.5, 0.6) is 0 Å². The number of hydrogen-bond donors (Lipinski definition) is 2. The lowest BCUT2D eigenvalue weighted by molar-refractivity contribution is 1.01. The average molecular weight is 523 g/mol. The molecule has 0 aliphatic rings. The molecule has 5 rings (SSSR count). The topological polar surface area (TPSA) is 58.5 Å². The largest absolute Gasteiger partial charge is 0.399 e. The van der Waals surface area contributed by atoms with Crippen molar-refractivity contribution in [1.29, 1.82) is 0 Å². The van der Waals surface area contributed by atoms with Gasteiger partial charge in [0.15, 0.2) is 0 Å². The number of para-hydroxylation sites is 3. The number of benzene rings is 5. The maximum Gasteiger partial charge on any atom is 0.0533 e. The highest BCUT2D eigenvalue weighted by molar-refractivity contribution is 5.83. The molecule has 0 aliphatic carbocycles. The van der Waals surface area contributed by atoms with E-state index in [1.807, 2.05) is 36.4 Å². The van der Waals surface area contributed by atoms with Crippen molar-refractivity contribution in [2.75, 3.05) is 21.3 Å². The monoisotopic (exact) mass is 522 g/mol. The first-order chi connectivity index (χ1) is 19.6. The zero-order chi connectivity index (χ0) is 27.7. The fraction of sp³-hybridized carbons (Fsp3) is 0.0556. The minimum absolute atomic E-state index is 0.742. The van der Waals surface area contributed by atoms with E-state index in [0.29, 0.717) is 0 Å². The van der Waals surface area contributed by atoms with Crippen molar-refractivity contribution in [3.05, 3.63) is 157 Å². The van der Waals surface area contributed by atoms with Gasteiger partial charge in [0.1, 0.15) is 0 Å². The van der Waals surface area contributed by atoms with Crippen LogP contribution >= 0.6 is 0 Å². The number of hydrogen-bond acceptors (Lipinski definition) is 4. The summed E-state index contributed by atoms with van der Waals surface area (Å²) in [5.41, 5.74) is 21.2. The van der Waals surface area contributed by atoms with Gasteiger partial charge in [-0.1, -0.05) is 73.7 Å². The van der Waals surface area contributed by atoms with Crippen LogP contribution in [-0.2, 0) is 0 Å². The van der Waals surface area contributed by atoms with Crippen molar-refractivity contribution < 1.29 is 0 Å². The van der Waals surface area contributed by atoms with Gasteiger partial charge in [0, 0.05) is 39.8 Å². The zero-order valence-electron chi connectivity index (χ0n) is 22.7. The van der Waals surface area contributed by atoms with E-state index >= 15 is 0 Å². The molecule has 0 fully saturated rings. The van der Waals surface area contributed by atoms with Gasteiger partial charge in [0.05, 0.1) is 5.69 Å². The molecular weight excluding hydrogens is 488 g/mol. The van der Waals surface area contributed by atoms with Crippen molar-refractivity contribution in [2.45, 2.75) is 13.3 Å². The molecular formula is C36H34N4. The predicted molar refractivity (Wildman–Crippen MR) is 172 cm³/mol. The molecule has 0 radical (unpaired) electrons. The lowest BCUT2D eigenvalue weighted by Gasteiger charge is -2.28. The predicted octanol–water partition coefficient (Wildman–Crippen LogP) is 9.47. The Morgan fingerprint density at radius 1 is 0.575 bits per heavy atom. The first-order valence-corrected chi connectivity index (χ1v) is 13.5. The molecule has 0 atom stereocenters. The standard InChI is InChI=1S/C36H34N4/c1-2-31(39(32-14-5-3-6-15-32)34-24-20-29(37)21-25-34)18-11-13-28-12-9-10-19-36(28)40(33-16-7-4-8-17-33)35-26-22-30(38)23-27-35/h3-27H,2,37-38H2,1H3/b13-11-,31-18+. The lowest BCUT2D eigenvalue weighted by atomic mass is 10.1. The summed E-state index contributed by atoms with van der Waals surface area (Å²) < 4.78 is 0. The average Bonchev–Trinajstić information content (AvgIpc) is 3.00. The maximum absolute atomic E-state index is 6.01. The maximum atomic E-state index is 6.01. The number of allylic oxidation sites excluding steroid dienone is 3. The van der Waals surface area contributed by atoms with Crippen molar-refractivity contribution in [3.8, 4) is 0 Å². The highest BCUT2D eigenvalue weighted by Crippen LogP contribution is 2.37. The fourth-order valence-corrected chi connectivity index (χ4v) is 4.75. The zero-order valence-corrected chi connectivity index (χ0v) is 22.7. The summed E-state index contributed by atoms with van der Waals surface area (Å²) in [5.74, 6) is 0. The molecule has 0 spiro atoms. The minimum atomic E-state index is 0.742. The van der Waals surface area contributed by atoms with Crippen LogP contribution in [0.25, 0.3) is 6.08 Å². The molecule has 0 heterocycles. The van der Waals surface area contributed by atoms with E-state index in [9.17, 15) is 0 Å². The van der Waals surface area contributed by atoms with Crippen LogP contribution in [0.4, 0.5) is 39.8 Å². The molecule has 5 aromatic carbocycles. The SMILES string of the molecule is CC/C(=C\C=C/c1ccccc1N(c1ccccc1)c1ccc(N)cc1)N(c1ccccc1)c1ccc(N)cc1. The first-order valence-electron chi connectivity index (χ1n) is 13.5. The minimum Gasteiger partial charge on any atom is -0.399 e. The van der Waals surface area contributed by atoms with Crippen molar-refractivity contribution in [2.24, 2.45) is 0 Å². The third-order valence-electron chi connectivity index (χ3n) is 6.72. The highest BCUT2D eigenvalue weighted by Gasteiger charge is 2.15. The van der Waals surface area contributed by atoms with Crippen LogP contribution in [0.15, 0.2) is 151 Å². The second kappa shape index (κ2) is 12.5. The summed E-state index contributed by atoms with van der Waals surface area (Å²) in [4.78, 5) is 4.54. The summed E-state index contributed by atoms with van der Waals surface area (Å²) in [7, 11) is 0. The second-order valence-corrected chi connectivity index (χ2v) is 9.45. The second-order valence-electron chi connectivity index (χ2n) is 9.45. The molecule has 40 heavy (non-hydrogen) atoms. The number of anilines is 7.